The lowest BCUT2D eigenvalue weighted by Crippen LogP contribution is -2.31. The molecule has 0 aliphatic heterocycles. The third kappa shape index (κ3) is 6.46. The Labute approximate surface area is 171 Å². The van der Waals surface area contributed by atoms with Crippen LogP contribution in [0.4, 0.5) is 18.9 Å². The zero-order valence-corrected chi connectivity index (χ0v) is 18.0. The van der Waals surface area contributed by atoms with Crippen LogP contribution in [-0.4, -0.2) is 24.8 Å². The van der Waals surface area contributed by atoms with Gasteiger partial charge < -0.3 is 5.32 Å². The van der Waals surface area contributed by atoms with Crippen molar-refractivity contribution in [3.63, 3.8) is 0 Å². The maximum absolute atomic E-state index is 13.1. The van der Waals surface area contributed by atoms with Gasteiger partial charge >= 0.3 is 6.18 Å². The molecule has 0 saturated heterocycles. The Morgan fingerprint density at radius 1 is 1.07 bits per heavy atom. The molecule has 8 heteroatoms. The molecule has 1 fully saturated rings. The molecular formula is C21H30F3NO3S. The number of carbonyl (C=O) groups is 1. The Morgan fingerprint density at radius 3 is 2.21 bits per heavy atom. The van der Waals surface area contributed by atoms with Crippen molar-refractivity contribution in [2.24, 2.45) is 11.8 Å². The van der Waals surface area contributed by atoms with Crippen LogP contribution in [0, 0.1) is 11.8 Å². The molecule has 0 atom stereocenters. The zero-order valence-electron chi connectivity index (χ0n) is 17.2. The summed E-state index contributed by atoms with van der Waals surface area (Å²) in [4.78, 5) is 12.5. The number of carbonyl (C=O) groups excluding carboxylic acids is 1. The molecule has 1 N–H and O–H groups in total. The quantitative estimate of drug-likeness (QED) is 0.649. The standard InChI is InChI=1S/C21H30F3NO3S/c1-20(2,3)29(27,28)14-6-7-15-10-12-16(13-11-15)19(26)25-18-9-5-4-8-17(18)21(22,23)24/h4-5,8-9,15-16H,6-7,10-14H2,1-3H3,(H,25,26). The number of nitrogens with one attached hydrogen (secondary N) is 1. The molecule has 0 heterocycles. The van der Waals surface area contributed by atoms with E-state index in [0.717, 1.165) is 25.3 Å². The molecule has 0 radical (unpaired) electrons. The number of benzene rings is 1. The van der Waals surface area contributed by atoms with E-state index in [1.807, 2.05) is 0 Å². The summed E-state index contributed by atoms with van der Waals surface area (Å²) in [5, 5.41) is 2.44. The monoisotopic (exact) mass is 433 g/mol. The van der Waals surface area contributed by atoms with Crippen LogP contribution in [0.1, 0.15) is 64.9 Å². The Hall–Kier alpha value is -1.57. The molecule has 29 heavy (non-hydrogen) atoms. The minimum absolute atomic E-state index is 0.158. The van der Waals surface area contributed by atoms with Crippen LogP contribution in [0.3, 0.4) is 0 Å². The molecule has 1 amide bonds. The van der Waals surface area contributed by atoms with Crippen LogP contribution in [0.15, 0.2) is 24.3 Å². The van der Waals surface area contributed by atoms with Crippen molar-refractivity contribution in [2.45, 2.75) is 70.2 Å². The van der Waals surface area contributed by atoms with Crippen molar-refractivity contribution in [2.75, 3.05) is 11.1 Å². The fourth-order valence-electron chi connectivity index (χ4n) is 3.66. The number of hydrogen-bond donors (Lipinski definition) is 1. The van der Waals surface area contributed by atoms with Gasteiger partial charge in [-0.2, -0.15) is 13.2 Å². The second-order valence-corrected chi connectivity index (χ2v) is 11.7. The molecule has 0 spiro atoms. The topological polar surface area (TPSA) is 63.2 Å². The highest BCUT2D eigenvalue weighted by atomic mass is 32.2. The number of para-hydroxylation sites is 1. The second kappa shape index (κ2) is 9.06. The number of anilines is 1. The smallest absolute Gasteiger partial charge is 0.325 e. The van der Waals surface area contributed by atoms with Crippen molar-refractivity contribution in [3.05, 3.63) is 29.8 Å². The minimum Gasteiger partial charge on any atom is -0.325 e. The summed E-state index contributed by atoms with van der Waals surface area (Å²) in [6, 6.07) is 4.98. The van der Waals surface area contributed by atoms with E-state index in [1.54, 1.807) is 20.8 Å². The lowest BCUT2D eigenvalue weighted by molar-refractivity contribution is -0.137. The SMILES string of the molecule is CC(C)(C)S(=O)(=O)CCCC1CCC(C(=O)Nc2ccccc2C(F)(F)F)CC1. The summed E-state index contributed by atoms with van der Waals surface area (Å²) in [5.74, 6) is -0.177. The molecule has 0 unspecified atom stereocenters. The summed E-state index contributed by atoms with van der Waals surface area (Å²) in [7, 11) is -3.13. The van der Waals surface area contributed by atoms with Crippen molar-refractivity contribution in [1.82, 2.24) is 0 Å². The van der Waals surface area contributed by atoms with E-state index in [1.165, 1.54) is 18.2 Å². The molecule has 164 valence electrons. The van der Waals surface area contributed by atoms with Crippen LogP contribution >= 0.6 is 0 Å². The fourth-order valence-corrected chi connectivity index (χ4v) is 4.81. The molecule has 2 rings (SSSR count). The largest absolute Gasteiger partial charge is 0.418 e. The van der Waals surface area contributed by atoms with Gasteiger partial charge in [-0.05, 0) is 77.3 Å². The van der Waals surface area contributed by atoms with E-state index < -0.39 is 26.3 Å². The van der Waals surface area contributed by atoms with Gasteiger partial charge in [0.05, 0.1) is 21.8 Å². The summed E-state index contributed by atoms with van der Waals surface area (Å²) in [6.07, 6.45) is -0.341. The molecule has 1 aromatic rings. The Bertz CT molecular complexity index is 805. The van der Waals surface area contributed by atoms with E-state index in [0.29, 0.717) is 25.2 Å². The molecule has 0 aromatic heterocycles. The van der Waals surface area contributed by atoms with Crippen molar-refractivity contribution < 1.29 is 26.4 Å². The molecular weight excluding hydrogens is 403 g/mol. The van der Waals surface area contributed by atoms with Crippen molar-refractivity contribution in [3.8, 4) is 0 Å². The fraction of sp³-hybridized carbons (Fsp3) is 0.667. The van der Waals surface area contributed by atoms with E-state index in [4.69, 9.17) is 0 Å². The third-order valence-corrected chi connectivity index (χ3v) is 8.36. The summed E-state index contributed by atoms with van der Waals surface area (Å²) in [6.45, 7) is 5.09. The minimum atomic E-state index is -4.52. The van der Waals surface area contributed by atoms with Gasteiger partial charge in [-0.3, -0.25) is 4.79 Å². The summed E-state index contributed by atoms with van der Waals surface area (Å²) >= 11 is 0. The lowest BCUT2D eigenvalue weighted by Gasteiger charge is -2.28. The zero-order chi connectivity index (χ0) is 21.9. The number of amides is 1. The predicted octanol–water partition coefficient (Wildman–Crippen LogP) is 5.44. The van der Waals surface area contributed by atoms with Crippen LogP contribution in [0.25, 0.3) is 0 Å². The number of sulfone groups is 1. The highest BCUT2D eigenvalue weighted by Crippen LogP contribution is 2.36. The Kier molecular flexibility index (Phi) is 7.41. The molecule has 0 bridgehead atoms. The van der Waals surface area contributed by atoms with Crippen LogP contribution < -0.4 is 5.32 Å². The molecule has 1 aliphatic rings. The van der Waals surface area contributed by atoms with Gasteiger partial charge in [0.15, 0.2) is 9.84 Å². The van der Waals surface area contributed by atoms with E-state index >= 15 is 0 Å². The van der Waals surface area contributed by atoms with Gasteiger partial charge in [0, 0.05) is 5.92 Å². The maximum atomic E-state index is 13.1. The van der Waals surface area contributed by atoms with Gasteiger partial charge in [0.2, 0.25) is 5.91 Å². The molecule has 1 aliphatic carbocycles. The Balaban J connectivity index is 1.83. The van der Waals surface area contributed by atoms with E-state index in [-0.39, 0.29) is 23.3 Å². The highest BCUT2D eigenvalue weighted by molar-refractivity contribution is 7.92. The molecule has 1 saturated carbocycles. The second-order valence-electron chi connectivity index (χ2n) is 8.82. The van der Waals surface area contributed by atoms with E-state index in [9.17, 15) is 26.4 Å². The number of halogens is 3. The first-order valence-electron chi connectivity index (χ1n) is 10.0. The third-order valence-electron chi connectivity index (χ3n) is 5.67. The van der Waals surface area contributed by atoms with Gasteiger partial charge in [-0.25, -0.2) is 8.42 Å². The van der Waals surface area contributed by atoms with Crippen molar-refractivity contribution >= 4 is 21.4 Å². The van der Waals surface area contributed by atoms with Gasteiger partial charge in [-0.15, -0.1) is 0 Å². The average Bonchev–Trinajstić information content (AvgIpc) is 2.60. The first-order chi connectivity index (χ1) is 13.3. The first-order valence-corrected chi connectivity index (χ1v) is 11.7. The van der Waals surface area contributed by atoms with Gasteiger partial charge in [-0.1, -0.05) is 12.1 Å². The highest BCUT2D eigenvalue weighted by Gasteiger charge is 2.35. The first kappa shape index (κ1) is 23.7. The summed E-state index contributed by atoms with van der Waals surface area (Å²) < 4.78 is 62.8. The molecule has 1 aromatic carbocycles. The normalized spacial score (nSPS) is 21.0. The number of hydrogen-bond acceptors (Lipinski definition) is 3. The maximum Gasteiger partial charge on any atom is 0.418 e. The van der Waals surface area contributed by atoms with Gasteiger partial charge in [0.1, 0.15) is 0 Å². The van der Waals surface area contributed by atoms with Crippen molar-refractivity contribution in [1.29, 1.82) is 0 Å². The predicted molar refractivity (Wildman–Crippen MR) is 108 cm³/mol. The summed E-state index contributed by atoms with van der Waals surface area (Å²) in [5.41, 5.74) is -1.05. The van der Waals surface area contributed by atoms with Crippen LogP contribution in [0.5, 0.6) is 0 Å². The van der Waals surface area contributed by atoms with E-state index in [2.05, 4.69) is 5.32 Å². The van der Waals surface area contributed by atoms with Crippen LogP contribution in [0.2, 0.25) is 0 Å². The average molecular weight is 434 g/mol. The molecule has 4 nitrogen and oxygen atoms in total. The number of rotatable bonds is 6. The number of alkyl halides is 3. The van der Waals surface area contributed by atoms with Gasteiger partial charge in [0.25, 0.3) is 0 Å². The lowest BCUT2D eigenvalue weighted by atomic mass is 9.79. The van der Waals surface area contributed by atoms with Crippen LogP contribution in [-0.2, 0) is 20.8 Å². The Morgan fingerprint density at radius 2 is 1.66 bits per heavy atom.